The third-order valence-electron chi connectivity index (χ3n) is 2.11. The lowest BCUT2D eigenvalue weighted by molar-refractivity contribution is -0.136. The molecule has 0 atom stereocenters. The number of aliphatic carboxylic acids is 1. The number of aromatic nitrogens is 2. The van der Waals surface area contributed by atoms with Crippen LogP contribution in [0.25, 0.3) is 11.5 Å². The van der Waals surface area contributed by atoms with Crippen LogP contribution in [0.3, 0.4) is 0 Å². The number of nitrogens with zero attached hydrogens (tertiary/aromatic N) is 2. The van der Waals surface area contributed by atoms with Crippen LogP contribution in [-0.4, -0.2) is 28.3 Å². The van der Waals surface area contributed by atoms with E-state index in [0.29, 0.717) is 5.89 Å². The first kappa shape index (κ1) is 11.1. The lowest BCUT2D eigenvalue weighted by Gasteiger charge is -1.98. The molecule has 0 amide bonds. The van der Waals surface area contributed by atoms with Gasteiger partial charge in [-0.2, -0.15) is 4.98 Å². The van der Waals surface area contributed by atoms with Crippen molar-refractivity contribution in [2.75, 3.05) is 7.11 Å². The first-order valence-corrected chi connectivity index (χ1v) is 4.88. The Morgan fingerprint density at radius 2 is 2.12 bits per heavy atom. The summed E-state index contributed by atoms with van der Waals surface area (Å²) in [5.41, 5.74) is 0.718. The van der Waals surface area contributed by atoms with E-state index in [2.05, 4.69) is 10.1 Å². The van der Waals surface area contributed by atoms with Crippen LogP contribution < -0.4 is 4.74 Å². The number of ether oxygens (including phenoxy) is 1. The van der Waals surface area contributed by atoms with Gasteiger partial charge >= 0.3 is 5.97 Å². The fraction of sp³-hybridized carbons (Fsp3) is 0.182. The molecule has 0 fully saturated rings. The summed E-state index contributed by atoms with van der Waals surface area (Å²) < 4.78 is 9.98. The Morgan fingerprint density at radius 3 is 2.71 bits per heavy atom. The first-order valence-electron chi connectivity index (χ1n) is 4.88. The Bertz CT molecular complexity index is 519. The zero-order valence-corrected chi connectivity index (χ0v) is 9.08. The highest BCUT2D eigenvalue weighted by atomic mass is 16.5. The van der Waals surface area contributed by atoms with Gasteiger partial charge in [-0.25, -0.2) is 0 Å². The summed E-state index contributed by atoms with van der Waals surface area (Å²) in [5, 5.41) is 12.2. The Morgan fingerprint density at radius 1 is 1.41 bits per heavy atom. The van der Waals surface area contributed by atoms with E-state index in [1.54, 1.807) is 31.4 Å². The van der Waals surface area contributed by atoms with Crippen molar-refractivity contribution in [2.24, 2.45) is 0 Å². The summed E-state index contributed by atoms with van der Waals surface area (Å²) in [7, 11) is 1.58. The molecule has 0 radical (unpaired) electrons. The van der Waals surface area contributed by atoms with E-state index in [4.69, 9.17) is 14.4 Å². The van der Waals surface area contributed by atoms with Crippen molar-refractivity contribution < 1.29 is 19.2 Å². The van der Waals surface area contributed by atoms with E-state index >= 15 is 0 Å². The van der Waals surface area contributed by atoms with Gasteiger partial charge in [0.15, 0.2) is 5.82 Å². The second kappa shape index (κ2) is 4.65. The SMILES string of the molecule is COc1ccc(-c2nc(CC(=O)O)no2)cc1. The molecule has 6 heteroatoms. The highest BCUT2D eigenvalue weighted by Crippen LogP contribution is 2.20. The molecule has 88 valence electrons. The van der Waals surface area contributed by atoms with Crippen molar-refractivity contribution in [3.05, 3.63) is 30.1 Å². The maximum Gasteiger partial charge on any atom is 0.311 e. The number of carbonyl (C=O) groups is 1. The molecule has 1 aromatic heterocycles. The lowest BCUT2D eigenvalue weighted by atomic mass is 10.2. The molecule has 0 bridgehead atoms. The van der Waals surface area contributed by atoms with Crippen molar-refractivity contribution in [3.8, 4) is 17.2 Å². The normalized spacial score (nSPS) is 10.2. The second-order valence-electron chi connectivity index (χ2n) is 3.31. The molecular weight excluding hydrogens is 224 g/mol. The summed E-state index contributed by atoms with van der Waals surface area (Å²) in [6.45, 7) is 0. The lowest BCUT2D eigenvalue weighted by Crippen LogP contribution is -2.01. The average molecular weight is 234 g/mol. The second-order valence-corrected chi connectivity index (χ2v) is 3.31. The van der Waals surface area contributed by atoms with Crippen molar-refractivity contribution in [3.63, 3.8) is 0 Å². The van der Waals surface area contributed by atoms with E-state index < -0.39 is 5.97 Å². The van der Waals surface area contributed by atoms with Gasteiger partial charge in [-0.05, 0) is 24.3 Å². The van der Waals surface area contributed by atoms with Crippen LogP contribution in [0.1, 0.15) is 5.82 Å². The van der Waals surface area contributed by atoms with Crippen LogP contribution in [0.15, 0.2) is 28.8 Å². The van der Waals surface area contributed by atoms with Crippen molar-refractivity contribution in [2.45, 2.75) is 6.42 Å². The molecule has 0 aliphatic rings. The van der Waals surface area contributed by atoms with E-state index in [1.165, 1.54) is 0 Å². The van der Waals surface area contributed by atoms with Gasteiger partial charge in [0.1, 0.15) is 12.2 Å². The molecule has 0 spiro atoms. The summed E-state index contributed by atoms with van der Waals surface area (Å²) >= 11 is 0. The smallest absolute Gasteiger partial charge is 0.311 e. The quantitative estimate of drug-likeness (QED) is 0.859. The van der Waals surface area contributed by atoms with E-state index in [0.717, 1.165) is 11.3 Å². The van der Waals surface area contributed by atoms with Gasteiger partial charge < -0.3 is 14.4 Å². The van der Waals surface area contributed by atoms with E-state index in [-0.39, 0.29) is 12.2 Å². The predicted octanol–water partition coefficient (Wildman–Crippen LogP) is 1.37. The molecule has 0 saturated heterocycles. The Labute approximate surface area is 96.8 Å². The minimum absolute atomic E-state index is 0.156. The molecule has 0 aliphatic carbocycles. The van der Waals surface area contributed by atoms with Crippen LogP contribution in [0, 0.1) is 0 Å². The maximum atomic E-state index is 10.5. The van der Waals surface area contributed by atoms with E-state index in [9.17, 15) is 4.79 Å². The summed E-state index contributed by atoms with van der Waals surface area (Å²) in [6, 6.07) is 7.04. The summed E-state index contributed by atoms with van der Waals surface area (Å²) in [6.07, 6.45) is -0.250. The third-order valence-corrected chi connectivity index (χ3v) is 2.11. The van der Waals surface area contributed by atoms with Crippen LogP contribution in [-0.2, 0) is 11.2 Å². The van der Waals surface area contributed by atoms with Gasteiger partial charge in [-0.3, -0.25) is 4.79 Å². The molecule has 2 rings (SSSR count). The van der Waals surface area contributed by atoms with Gasteiger partial charge in [0, 0.05) is 5.56 Å². The maximum absolute atomic E-state index is 10.5. The fourth-order valence-corrected chi connectivity index (χ4v) is 1.31. The van der Waals surface area contributed by atoms with Crippen molar-refractivity contribution >= 4 is 5.97 Å². The largest absolute Gasteiger partial charge is 0.497 e. The van der Waals surface area contributed by atoms with Gasteiger partial charge in [0.25, 0.3) is 5.89 Å². The standard InChI is InChI=1S/C11H10N2O4/c1-16-8-4-2-7(3-5-8)11-12-9(13-17-11)6-10(14)15/h2-5H,6H2,1H3,(H,14,15). The number of hydrogen-bond acceptors (Lipinski definition) is 5. The predicted molar refractivity (Wildman–Crippen MR) is 57.6 cm³/mol. The number of rotatable bonds is 4. The minimum atomic E-state index is -0.993. The molecule has 1 N–H and O–H groups in total. The number of methoxy groups -OCH3 is 1. The van der Waals surface area contributed by atoms with Crippen molar-refractivity contribution in [1.82, 2.24) is 10.1 Å². The molecule has 2 aromatic rings. The van der Waals surface area contributed by atoms with Crippen molar-refractivity contribution in [1.29, 1.82) is 0 Å². The molecule has 17 heavy (non-hydrogen) atoms. The monoisotopic (exact) mass is 234 g/mol. The third kappa shape index (κ3) is 2.60. The zero-order valence-electron chi connectivity index (χ0n) is 9.08. The first-order chi connectivity index (χ1) is 8.19. The minimum Gasteiger partial charge on any atom is -0.497 e. The molecule has 0 aliphatic heterocycles. The Hall–Kier alpha value is -2.37. The number of hydrogen-bond donors (Lipinski definition) is 1. The van der Waals surface area contributed by atoms with Crippen LogP contribution in [0.4, 0.5) is 0 Å². The van der Waals surface area contributed by atoms with Gasteiger partial charge in [-0.1, -0.05) is 5.16 Å². The molecular formula is C11H10N2O4. The molecule has 1 heterocycles. The fourth-order valence-electron chi connectivity index (χ4n) is 1.31. The highest BCUT2D eigenvalue weighted by Gasteiger charge is 2.11. The molecule has 6 nitrogen and oxygen atoms in total. The summed E-state index contributed by atoms with van der Waals surface area (Å²) in [5.74, 6) is 0.179. The van der Waals surface area contributed by atoms with Gasteiger partial charge in [-0.15, -0.1) is 0 Å². The number of benzene rings is 1. The molecule has 1 aromatic carbocycles. The van der Waals surface area contributed by atoms with Crippen LogP contribution in [0.2, 0.25) is 0 Å². The Kier molecular flexibility index (Phi) is 3.04. The highest BCUT2D eigenvalue weighted by molar-refractivity contribution is 5.69. The van der Waals surface area contributed by atoms with Crippen LogP contribution >= 0.6 is 0 Å². The topological polar surface area (TPSA) is 85.5 Å². The van der Waals surface area contributed by atoms with E-state index in [1.807, 2.05) is 0 Å². The van der Waals surface area contributed by atoms with Gasteiger partial charge in [0.05, 0.1) is 7.11 Å². The summed E-state index contributed by atoms with van der Waals surface area (Å²) in [4.78, 5) is 14.4. The molecule has 0 saturated carbocycles. The number of carboxylic acids is 1. The van der Waals surface area contributed by atoms with Gasteiger partial charge in [0.2, 0.25) is 0 Å². The zero-order chi connectivity index (χ0) is 12.3. The Balaban J connectivity index is 2.21. The molecule has 0 unspecified atom stereocenters. The number of carboxylic acid groups (broad SMARTS) is 1. The average Bonchev–Trinajstić information content (AvgIpc) is 2.77. The van der Waals surface area contributed by atoms with Crippen LogP contribution in [0.5, 0.6) is 5.75 Å².